The Morgan fingerprint density at radius 1 is 1.30 bits per heavy atom. The molecular formula is C22H20F3NO4. The summed E-state index contributed by atoms with van der Waals surface area (Å²) in [6, 6.07) is 2.75. The molecule has 2 heterocycles. The maximum atomic E-state index is 15.2. The number of halogens is 3. The zero-order valence-corrected chi connectivity index (χ0v) is 16.1. The molecule has 2 aromatic rings. The molecule has 5 nitrogen and oxygen atoms in total. The van der Waals surface area contributed by atoms with Crippen molar-refractivity contribution < 1.29 is 27.8 Å². The van der Waals surface area contributed by atoms with Gasteiger partial charge in [-0.15, -0.1) is 0 Å². The molecular weight excluding hydrogens is 399 g/mol. The summed E-state index contributed by atoms with van der Waals surface area (Å²) in [6.07, 6.45) is 3.09. The van der Waals surface area contributed by atoms with Gasteiger partial charge in [0.15, 0.2) is 5.82 Å². The van der Waals surface area contributed by atoms with E-state index in [-0.39, 0.29) is 22.6 Å². The summed E-state index contributed by atoms with van der Waals surface area (Å²) < 4.78 is 49.9. The first-order valence-corrected chi connectivity index (χ1v) is 10.1. The van der Waals surface area contributed by atoms with Gasteiger partial charge in [0.2, 0.25) is 5.43 Å². The minimum Gasteiger partial charge on any atom is -0.493 e. The van der Waals surface area contributed by atoms with Crippen LogP contribution in [0, 0.1) is 11.7 Å². The van der Waals surface area contributed by atoms with E-state index in [0.717, 1.165) is 19.3 Å². The first-order valence-electron chi connectivity index (χ1n) is 10.1. The van der Waals surface area contributed by atoms with Crippen LogP contribution < -0.4 is 10.2 Å². The normalized spacial score (nSPS) is 18.7. The van der Waals surface area contributed by atoms with Crippen molar-refractivity contribution >= 4 is 5.97 Å². The van der Waals surface area contributed by atoms with Gasteiger partial charge in [0.05, 0.1) is 17.9 Å². The highest BCUT2D eigenvalue weighted by Crippen LogP contribution is 2.51. The molecule has 1 spiro atoms. The molecule has 1 aromatic carbocycles. The number of carboxylic acid groups (broad SMARTS) is 1. The van der Waals surface area contributed by atoms with E-state index < -0.39 is 34.7 Å². The molecule has 0 bridgehead atoms. The van der Waals surface area contributed by atoms with E-state index in [0.29, 0.717) is 37.4 Å². The average molecular weight is 419 g/mol. The van der Waals surface area contributed by atoms with Gasteiger partial charge >= 0.3 is 5.97 Å². The molecule has 0 saturated heterocycles. The molecule has 2 aliphatic carbocycles. The summed E-state index contributed by atoms with van der Waals surface area (Å²) in [7, 11) is 0. The smallest absolute Gasteiger partial charge is 0.341 e. The third-order valence-corrected chi connectivity index (χ3v) is 6.59. The fraction of sp³-hybridized carbons (Fsp3) is 0.455. The lowest BCUT2D eigenvalue weighted by Crippen LogP contribution is -2.47. The Hall–Kier alpha value is -2.77. The molecule has 3 aliphatic rings. The van der Waals surface area contributed by atoms with Crippen LogP contribution in [-0.2, 0) is 12.0 Å². The number of pyridine rings is 1. The van der Waals surface area contributed by atoms with Gasteiger partial charge in [0.1, 0.15) is 11.3 Å². The van der Waals surface area contributed by atoms with Crippen molar-refractivity contribution in [1.29, 1.82) is 0 Å². The summed E-state index contributed by atoms with van der Waals surface area (Å²) in [4.78, 5) is 23.8. The van der Waals surface area contributed by atoms with Crippen LogP contribution in [0.2, 0.25) is 0 Å². The van der Waals surface area contributed by atoms with Gasteiger partial charge in [-0.25, -0.2) is 18.0 Å². The third kappa shape index (κ3) is 2.84. The zero-order chi connectivity index (χ0) is 21.2. The largest absolute Gasteiger partial charge is 0.493 e. The SMILES string of the molecule is O=C(O)c1cn2c(c(F)c1=O)-c1cc(C(F)F)c(OCC3CC3)cc1CC21CCC1. The highest BCUT2D eigenvalue weighted by atomic mass is 19.3. The Morgan fingerprint density at radius 2 is 2.03 bits per heavy atom. The number of fused-ring (bicyclic) bond motifs is 4. The lowest BCUT2D eigenvalue weighted by Gasteiger charge is -2.48. The van der Waals surface area contributed by atoms with Gasteiger partial charge in [-0.3, -0.25) is 4.79 Å². The van der Waals surface area contributed by atoms with Crippen LogP contribution in [-0.4, -0.2) is 22.2 Å². The van der Waals surface area contributed by atoms with Crippen LogP contribution in [0.1, 0.15) is 60.0 Å². The number of hydrogen-bond donors (Lipinski definition) is 1. The van der Waals surface area contributed by atoms with Gasteiger partial charge in [-0.2, -0.15) is 0 Å². The molecule has 1 aromatic heterocycles. The minimum absolute atomic E-state index is 0.100. The first-order chi connectivity index (χ1) is 14.3. The standard InChI is InChI=1S/C22H20F3NO4/c23-17-18-13-7-14(20(24)25)16(30-10-11-2-3-11)6-12(13)8-22(4-1-5-22)26(18)9-15(19(17)27)21(28)29/h6-7,9,11,20H,1-5,8,10H2,(H,28,29). The molecule has 0 unspecified atom stereocenters. The van der Waals surface area contributed by atoms with E-state index >= 15 is 4.39 Å². The Morgan fingerprint density at radius 3 is 2.60 bits per heavy atom. The van der Waals surface area contributed by atoms with Crippen LogP contribution >= 0.6 is 0 Å². The van der Waals surface area contributed by atoms with E-state index in [1.165, 1.54) is 16.8 Å². The van der Waals surface area contributed by atoms with Crippen LogP contribution in [0.4, 0.5) is 13.2 Å². The first kappa shape index (κ1) is 19.2. The lowest BCUT2D eigenvalue weighted by molar-refractivity contribution is 0.0690. The third-order valence-electron chi connectivity index (χ3n) is 6.59. The molecule has 0 radical (unpaired) electrons. The topological polar surface area (TPSA) is 68.5 Å². The summed E-state index contributed by atoms with van der Waals surface area (Å²) in [6.45, 7) is 0.371. The Kier molecular flexibility index (Phi) is 4.24. The summed E-state index contributed by atoms with van der Waals surface area (Å²) in [5, 5.41) is 9.31. The number of aromatic nitrogens is 1. The predicted molar refractivity (Wildman–Crippen MR) is 102 cm³/mol. The van der Waals surface area contributed by atoms with Gasteiger partial charge in [0, 0.05) is 17.3 Å². The maximum Gasteiger partial charge on any atom is 0.341 e. The van der Waals surface area contributed by atoms with Crippen molar-refractivity contribution in [2.24, 2.45) is 5.92 Å². The van der Waals surface area contributed by atoms with Crippen molar-refractivity contribution in [2.75, 3.05) is 6.61 Å². The van der Waals surface area contributed by atoms with Crippen LogP contribution in [0.15, 0.2) is 23.1 Å². The molecule has 158 valence electrons. The van der Waals surface area contributed by atoms with Gasteiger partial charge in [0.25, 0.3) is 6.43 Å². The molecule has 0 atom stereocenters. The molecule has 2 fully saturated rings. The maximum absolute atomic E-state index is 15.2. The second-order valence-electron chi connectivity index (χ2n) is 8.57. The van der Waals surface area contributed by atoms with E-state index in [4.69, 9.17) is 4.74 Å². The zero-order valence-electron chi connectivity index (χ0n) is 16.1. The quantitative estimate of drug-likeness (QED) is 0.774. The number of alkyl halides is 2. The lowest BCUT2D eigenvalue weighted by atomic mass is 9.69. The van der Waals surface area contributed by atoms with Crippen molar-refractivity contribution in [1.82, 2.24) is 4.57 Å². The minimum atomic E-state index is -2.83. The average Bonchev–Trinajstić information content (AvgIpc) is 3.50. The highest BCUT2D eigenvalue weighted by Gasteiger charge is 2.45. The second kappa shape index (κ2) is 6.62. The molecule has 8 heteroatoms. The monoisotopic (exact) mass is 419 g/mol. The van der Waals surface area contributed by atoms with E-state index in [1.54, 1.807) is 6.07 Å². The molecule has 1 N–H and O–H groups in total. The molecule has 1 aliphatic heterocycles. The molecule has 30 heavy (non-hydrogen) atoms. The van der Waals surface area contributed by atoms with Gasteiger partial charge in [-0.05, 0) is 62.1 Å². The molecule has 0 amide bonds. The fourth-order valence-electron chi connectivity index (χ4n) is 4.59. The Labute approximate surface area is 170 Å². The molecule has 5 rings (SSSR count). The fourth-order valence-corrected chi connectivity index (χ4v) is 4.59. The second-order valence-corrected chi connectivity index (χ2v) is 8.57. The van der Waals surface area contributed by atoms with Gasteiger partial charge in [-0.1, -0.05) is 0 Å². The molecule has 2 saturated carbocycles. The number of nitrogens with zero attached hydrogens (tertiary/aromatic N) is 1. The predicted octanol–water partition coefficient (Wildman–Crippen LogP) is 4.51. The number of aromatic carboxylic acids is 1. The Bertz CT molecular complexity index is 1120. The number of rotatable bonds is 5. The number of carboxylic acids is 1. The number of ether oxygens (including phenoxy) is 1. The van der Waals surface area contributed by atoms with Crippen LogP contribution in [0.5, 0.6) is 5.75 Å². The van der Waals surface area contributed by atoms with Gasteiger partial charge < -0.3 is 14.4 Å². The van der Waals surface area contributed by atoms with Crippen LogP contribution in [0.3, 0.4) is 0 Å². The Balaban J connectivity index is 1.72. The number of hydrogen-bond acceptors (Lipinski definition) is 3. The van der Waals surface area contributed by atoms with Crippen molar-refractivity contribution in [3.63, 3.8) is 0 Å². The summed E-state index contributed by atoms with van der Waals surface area (Å²) in [5.74, 6) is -2.24. The number of benzene rings is 1. The van der Waals surface area contributed by atoms with Crippen molar-refractivity contribution in [2.45, 2.75) is 50.5 Å². The van der Waals surface area contributed by atoms with E-state index in [9.17, 15) is 23.5 Å². The van der Waals surface area contributed by atoms with E-state index in [2.05, 4.69) is 0 Å². The van der Waals surface area contributed by atoms with Crippen LogP contribution in [0.25, 0.3) is 11.3 Å². The highest BCUT2D eigenvalue weighted by molar-refractivity contribution is 5.88. The summed E-state index contributed by atoms with van der Waals surface area (Å²) >= 11 is 0. The van der Waals surface area contributed by atoms with Crippen molar-refractivity contribution in [3.8, 4) is 17.0 Å². The summed E-state index contributed by atoms with van der Waals surface area (Å²) in [5.41, 5.74) is -2.05. The van der Waals surface area contributed by atoms with E-state index in [1.807, 2.05) is 0 Å². The van der Waals surface area contributed by atoms with Crippen molar-refractivity contribution in [3.05, 3.63) is 51.1 Å². The number of carbonyl (C=O) groups is 1.